The van der Waals surface area contributed by atoms with Gasteiger partial charge in [0.1, 0.15) is 11.4 Å². The summed E-state index contributed by atoms with van der Waals surface area (Å²) in [4.78, 5) is 7.70. The lowest BCUT2D eigenvalue weighted by Crippen LogP contribution is -2.40. The SMILES string of the molecule is CC(N)(O)Cn1cnc2cc(-c3ccc(C(F)(F)F)nc3)ccc21. The van der Waals surface area contributed by atoms with Crippen LogP contribution < -0.4 is 5.73 Å². The molecule has 2 heterocycles. The molecule has 0 saturated carbocycles. The van der Waals surface area contributed by atoms with E-state index in [1.807, 2.05) is 0 Å². The molecule has 1 atom stereocenters. The maximum atomic E-state index is 12.6. The van der Waals surface area contributed by atoms with E-state index in [0.717, 1.165) is 11.6 Å². The lowest BCUT2D eigenvalue weighted by Gasteiger charge is -2.18. The van der Waals surface area contributed by atoms with Gasteiger partial charge in [-0.25, -0.2) is 4.98 Å². The topological polar surface area (TPSA) is 77.0 Å². The maximum Gasteiger partial charge on any atom is 0.433 e. The van der Waals surface area contributed by atoms with Gasteiger partial charge in [0.25, 0.3) is 0 Å². The minimum atomic E-state index is -4.46. The number of hydrogen-bond acceptors (Lipinski definition) is 4. The second kappa shape index (κ2) is 5.57. The number of nitrogens with two attached hydrogens (primary N) is 1. The van der Waals surface area contributed by atoms with Gasteiger partial charge in [-0.15, -0.1) is 0 Å². The molecule has 2 aromatic heterocycles. The molecule has 0 radical (unpaired) electrons. The molecule has 126 valence electrons. The first-order chi connectivity index (χ1) is 11.1. The molecule has 0 amide bonds. The van der Waals surface area contributed by atoms with Crippen molar-refractivity contribution >= 4 is 11.0 Å². The Morgan fingerprint density at radius 1 is 1.12 bits per heavy atom. The van der Waals surface area contributed by atoms with E-state index in [1.54, 1.807) is 29.1 Å². The second-order valence-electron chi connectivity index (χ2n) is 5.86. The Hall–Kier alpha value is -2.45. The van der Waals surface area contributed by atoms with Gasteiger partial charge in [0.2, 0.25) is 0 Å². The molecule has 8 heteroatoms. The Balaban J connectivity index is 1.94. The smallest absolute Gasteiger partial charge is 0.374 e. The monoisotopic (exact) mass is 336 g/mol. The summed E-state index contributed by atoms with van der Waals surface area (Å²) in [7, 11) is 0. The van der Waals surface area contributed by atoms with Crippen LogP contribution in [0, 0.1) is 0 Å². The maximum absolute atomic E-state index is 12.6. The number of aromatic nitrogens is 3. The Kier molecular flexibility index (Phi) is 3.81. The van der Waals surface area contributed by atoms with Gasteiger partial charge >= 0.3 is 6.18 Å². The van der Waals surface area contributed by atoms with E-state index in [4.69, 9.17) is 5.73 Å². The summed E-state index contributed by atoms with van der Waals surface area (Å²) >= 11 is 0. The molecule has 0 aliphatic carbocycles. The normalized spacial score (nSPS) is 14.8. The van der Waals surface area contributed by atoms with Crippen molar-refractivity contribution < 1.29 is 18.3 Å². The van der Waals surface area contributed by atoms with Crippen molar-refractivity contribution in [3.8, 4) is 11.1 Å². The van der Waals surface area contributed by atoms with E-state index in [2.05, 4.69) is 9.97 Å². The number of imidazole rings is 1. The molecule has 24 heavy (non-hydrogen) atoms. The number of aliphatic hydroxyl groups is 1. The fourth-order valence-corrected chi connectivity index (χ4v) is 2.45. The molecule has 3 N–H and O–H groups in total. The summed E-state index contributed by atoms with van der Waals surface area (Å²) in [6, 6.07) is 7.61. The zero-order chi connectivity index (χ0) is 17.5. The lowest BCUT2D eigenvalue weighted by molar-refractivity contribution is -0.141. The number of alkyl halides is 3. The average Bonchev–Trinajstić information content (AvgIpc) is 2.87. The Morgan fingerprint density at radius 2 is 1.83 bits per heavy atom. The highest BCUT2D eigenvalue weighted by molar-refractivity contribution is 5.82. The lowest BCUT2D eigenvalue weighted by atomic mass is 10.1. The predicted molar refractivity (Wildman–Crippen MR) is 82.8 cm³/mol. The van der Waals surface area contributed by atoms with E-state index in [0.29, 0.717) is 16.6 Å². The van der Waals surface area contributed by atoms with Crippen LogP contribution >= 0.6 is 0 Å². The van der Waals surface area contributed by atoms with E-state index in [9.17, 15) is 18.3 Å². The van der Waals surface area contributed by atoms with Gasteiger partial charge in [-0.2, -0.15) is 13.2 Å². The van der Waals surface area contributed by atoms with Gasteiger partial charge in [-0.1, -0.05) is 12.1 Å². The van der Waals surface area contributed by atoms with Gasteiger partial charge in [0.05, 0.1) is 23.9 Å². The molecule has 0 spiro atoms. The molecule has 0 aliphatic heterocycles. The molecular formula is C16H15F3N4O. The zero-order valence-electron chi connectivity index (χ0n) is 12.7. The number of rotatable bonds is 3. The van der Waals surface area contributed by atoms with E-state index >= 15 is 0 Å². The van der Waals surface area contributed by atoms with Crippen LogP contribution in [0.15, 0.2) is 42.9 Å². The van der Waals surface area contributed by atoms with Crippen molar-refractivity contribution in [2.45, 2.75) is 25.4 Å². The molecule has 0 bridgehead atoms. The van der Waals surface area contributed by atoms with Crippen molar-refractivity contribution in [3.63, 3.8) is 0 Å². The van der Waals surface area contributed by atoms with Crippen LogP contribution in [0.1, 0.15) is 12.6 Å². The van der Waals surface area contributed by atoms with Gasteiger partial charge in [0.15, 0.2) is 0 Å². The molecular weight excluding hydrogens is 321 g/mol. The number of pyridine rings is 1. The van der Waals surface area contributed by atoms with Crippen molar-refractivity contribution in [3.05, 3.63) is 48.5 Å². The fraction of sp³-hybridized carbons (Fsp3) is 0.250. The van der Waals surface area contributed by atoms with Crippen molar-refractivity contribution in [2.75, 3.05) is 0 Å². The first-order valence-electron chi connectivity index (χ1n) is 7.13. The molecule has 0 saturated heterocycles. The summed E-state index contributed by atoms with van der Waals surface area (Å²) in [5.41, 5.74) is 5.97. The molecule has 0 aliphatic rings. The largest absolute Gasteiger partial charge is 0.433 e. The molecule has 3 rings (SSSR count). The highest BCUT2D eigenvalue weighted by atomic mass is 19.4. The summed E-state index contributed by atoms with van der Waals surface area (Å²) < 4.78 is 39.4. The zero-order valence-corrected chi connectivity index (χ0v) is 12.7. The van der Waals surface area contributed by atoms with Crippen LogP contribution in [0.3, 0.4) is 0 Å². The summed E-state index contributed by atoms with van der Waals surface area (Å²) in [6.07, 6.45) is -1.72. The first kappa shape index (κ1) is 16.4. The molecule has 1 unspecified atom stereocenters. The quantitative estimate of drug-likeness (QED) is 0.721. The molecule has 0 fully saturated rings. The summed E-state index contributed by atoms with van der Waals surface area (Å²) in [5, 5.41) is 9.70. The molecule has 3 aromatic rings. The molecule has 1 aromatic carbocycles. The minimum Gasteiger partial charge on any atom is -0.374 e. The van der Waals surface area contributed by atoms with Gasteiger partial charge < -0.3 is 15.4 Å². The summed E-state index contributed by atoms with van der Waals surface area (Å²) in [5.74, 6) is 0. The van der Waals surface area contributed by atoms with Crippen LogP contribution in [0.2, 0.25) is 0 Å². The Labute approximate surface area is 135 Å². The second-order valence-corrected chi connectivity index (χ2v) is 5.86. The van der Waals surface area contributed by atoms with E-state index in [1.165, 1.54) is 19.2 Å². The standard InChI is InChI=1S/C16H15F3N4O/c1-15(20,24)8-23-9-22-12-6-10(2-4-13(12)23)11-3-5-14(21-7-11)16(17,18)19/h2-7,9,24H,8,20H2,1H3. The number of hydrogen-bond donors (Lipinski definition) is 2. The highest BCUT2D eigenvalue weighted by Gasteiger charge is 2.32. The van der Waals surface area contributed by atoms with Crippen molar-refractivity contribution in [2.24, 2.45) is 5.73 Å². The van der Waals surface area contributed by atoms with Crippen LogP contribution in [-0.2, 0) is 12.7 Å². The predicted octanol–water partition coefficient (Wildman–Crippen LogP) is 2.78. The van der Waals surface area contributed by atoms with Crippen molar-refractivity contribution in [1.29, 1.82) is 0 Å². The minimum absolute atomic E-state index is 0.171. The van der Waals surface area contributed by atoms with Crippen LogP contribution in [0.25, 0.3) is 22.2 Å². The average molecular weight is 336 g/mol. The third-order valence-electron chi connectivity index (χ3n) is 3.50. The van der Waals surface area contributed by atoms with E-state index < -0.39 is 17.6 Å². The van der Waals surface area contributed by atoms with Gasteiger partial charge in [-0.05, 0) is 30.7 Å². The third-order valence-corrected chi connectivity index (χ3v) is 3.50. The van der Waals surface area contributed by atoms with E-state index in [-0.39, 0.29) is 6.54 Å². The molecule has 5 nitrogen and oxygen atoms in total. The number of nitrogens with zero attached hydrogens (tertiary/aromatic N) is 3. The van der Waals surface area contributed by atoms with Crippen LogP contribution in [0.4, 0.5) is 13.2 Å². The summed E-state index contributed by atoms with van der Waals surface area (Å²) in [6.45, 7) is 1.66. The highest BCUT2D eigenvalue weighted by Crippen LogP contribution is 2.29. The third kappa shape index (κ3) is 3.39. The van der Waals surface area contributed by atoms with Gasteiger partial charge in [0, 0.05) is 11.8 Å². The fourth-order valence-electron chi connectivity index (χ4n) is 2.45. The Bertz CT molecular complexity index is 864. The van der Waals surface area contributed by atoms with Crippen LogP contribution in [-0.4, -0.2) is 25.4 Å². The van der Waals surface area contributed by atoms with Gasteiger partial charge in [-0.3, -0.25) is 4.98 Å². The number of halogens is 3. The van der Waals surface area contributed by atoms with Crippen LogP contribution in [0.5, 0.6) is 0 Å². The van der Waals surface area contributed by atoms with Crippen molar-refractivity contribution in [1.82, 2.24) is 14.5 Å². The Morgan fingerprint density at radius 3 is 2.42 bits per heavy atom. The first-order valence-corrected chi connectivity index (χ1v) is 7.13. The number of fused-ring (bicyclic) bond motifs is 1. The number of benzene rings is 1.